The number of benzene rings is 3. The van der Waals surface area contributed by atoms with Crippen LogP contribution in [0.2, 0.25) is 0 Å². The van der Waals surface area contributed by atoms with E-state index in [0.717, 1.165) is 11.1 Å². The van der Waals surface area contributed by atoms with Crippen molar-refractivity contribution < 1.29 is 23.5 Å². The zero-order valence-electron chi connectivity index (χ0n) is 17.1. The maximum Gasteiger partial charge on any atom is 0.258 e. The minimum atomic E-state index is -0.118. The van der Waals surface area contributed by atoms with Gasteiger partial charge in [0.25, 0.3) is 5.89 Å². The summed E-state index contributed by atoms with van der Waals surface area (Å²) >= 11 is 0. The van der Waals surface area contributed by atoms with Gasteiger partial charge in [-0.1, -0.05) is 11.2 Å². The molecule has 0 aliphatic heterocycles. The maximum atomic E-state index is 12.3. The van der Waals surface area contributed by atoms with E-state index in [1.165, 1.54) is 0 Å². The second kappa shape index (κ2) is 9.13. The molecule has 7 nitrogen and oxygen atoms in total. The molecule has 31 heavy (non-hydrogen) atoms. The third kappa shape index (κ3) is 4.72. The maximum absolute atomic E-state index is 12.3. The predicted octanol–water partition coefficient (Wildman–Crippen LogP) is 4.68. The summed E-state index contributed by atoms with van der Waals surface area (Å²) < 4.78 is 21.3. The Balaban J connectivity index is 1.40. The third-order valence-corrected chi connectivity index (χ3v) is 4.64. The normalized spacial score (nSPS) is 10.5. The van der Waals surface area contributed by atoms with E-state index in [1.54, 1.807) is 50.6 Å². The number of rotatable bonds is 8. The van der Waals surface area contributed by atoms with Gasteiger partial charge in [-0.05, 0) is 66.7 Å². The number of Topliss-reactive ketones (excluding diaryl/α,β-unsaturated/α-hetero) is 1. The first-order chi connectivity index (χ1) is 15.2. The van der Waals surface area contributed by atoms with Gasteiger partial charge in [0.15, 0.2) is 12.4 Å². The minimum Gasteiger partial charge on any atom is -0.497 e. The average Bonchev–Trinajstić information content (AvgIpc) is 3.33. The van der Waals surface area contributed by atoms with Gasteiger partial charge in [-0.3, -0.25) is 4.79 Å². The van der Waals surface area contributed by atoms with Crippen LogP contribution >= 0.6 is 0 Å². The van der Waals surface area contributed by atoms with Crippen molar-refractivity contribution in [2.75, 3.05) is 20.8 Å². The monoisotopic (exact) mass is 416 g/mol. The molecule has 0 amide bonds. The molecule has 0 bridgehead atoms. The molecule has 0 saturated heterocycles. The molecule has 4 rings (SSSR count). The quantitative estimate of drug-likeness (QED) is 0.386. The number of aromatic nitrogens is 2. The Bertz CT molecular complexity index is 1170. The van der Waals surface area contributed by atoms with Crippen molar-refractivity contribution in [1.82, 2.24) is 10.1 Å². The van der Waals surface area contributed by atoms with E-state index in [-0.39, 0.29) is 12.4 Å². The van der Waals surface area contributed by atoms with Crippen LogP contribution in [0.25, 0.3) is 22.8 Å². The largest absolute Gasteiger partial charge is 0.497 e. The molecule has 1 aromatic heterocycles. The number of ketones is 1. The summed E-state index contributed by atoms with van der Waals surface area (Å²) in [6.45, 7) is -0.0616. The molecule has 0 saturated carbocycles. The summed E-state index contributed by atoms with van der Waals surface area (Å²) in [6.07, 6.45) is 0. The zero-order valence-corrected chi connectivity index (χ0v) is 17.1. The molecule has 0 aliphatic carbocycles. The summed E-state index contributed by atoms with van der Waals surface area (Å²) in [7, 11) is 3.18. The van der Waals surface area contributed by atoms with E-state index in [2.05, 4.69) is 10.1 Å². The minimum absolute atomic E-state index is 0.0616. The molecule has 0 aliphatic rings. The van der Waals surface area contributed by atoms with Crippen LogP contribution in [0.15, 0.2) is 77.3 Å². The molecule has 0 unspecified atom stereocenters. The summed E-state index contributed by atoms with van der Waals surface area (Å²) in [5.41, 5.74) is 2.11. The smallest absolute Gasteiger partial charge is 0.258 e. The van der Waals surface area contributed by atoms with Crippen molar-refractivity contribution in [2.45, 2.75) is 0 Å². The SMILES string of the molecule is COc1ccc(C(=O)COc2ccc(-c3noc(-c4cccc(OC)c4)n3)cc2)cc1. The third-order valence-electron chi connectivity index (χ3n) is 4.64. The van der Waals surface area contributed by atoms with Crippen molar-refractivity contribution in [3.8, 4) is 40.1 Å². The fourth-order valence-electron chi connectivity index (χ4n) is 2.92. The van der Waals surface area contributed by atoms with Gasteiger partial charge in [-0.15, -0.1) is 0 Å². The highest BCUT2D eigenvalue weighted by Crippen LogP contribution is 2.26. The first-order valence-corrected chi connectivity index (χ1v) is 9.55. The van der Waals surface area contributed by atoms with Crippen LogP contribution in [0.5, 0.6) is 17.2 Å². The second-order valence-corrected chi connectivity index (χ2v) is 6.62. The molecule has 1 heterocycles. The van der Waals surface area contributed by atoms with Gasteiger partial charge in [-0.2, -0.15) is 4.98 Å². The highest BCUT2D eigenvalue weighted by molar-refractivity contribution is 5.97. The molecular formula is C24H20N2O5. The number of hydrogen-bond donors (Lipinski definition) is 0. The molecule has 0 radical (unpaired) electrons. The molecule has 0 spiro atoms. The number of carbonyl (C=O) groups is 1. The summed E-state index contributed by atoms with van der Waals surface area (Å²) in [4.78, 5) is 16.7. The molecule has 3 aromatic carbocycles. The predicted molar refractivity (Wildman–Crippen MR) is 115 cm³/mol. The van der Waals surface area contributed by atoms with Crippen LogP contribution in [0.3, 0.4) is 0 Å². The van der Waals surface area contributed by atoms with Crippen LogP contribution in [0.4, 0.5) is 0 Å². The molecule has 0 fully saturated rings. The van der Waals surface area contributed by atoms with Gasteiger partial charge in [0.1, 0.15) is 17.2 Å². The lowest BCUT2D eigenvalue weighted by Gasteiger charge is -2.06. The molecule has 7 heteroatoms. The Kier molecular flexibility index (Phi) is 5.93. The number of nitrogens with zero attached hydrogens (tertiary/aromatic N) is 2. The fourth-order valence-corrected chi connectivity index (χ4v) is 2.92. The van der Waals surface area contributed by atoms with Crippen LogP contribution in [-0.2, 0) is 0 Å². The summed E-state index contributed by atoms with van der Waals surface area (Å²) in [5.74, 6) is 2.72. The standard InChI is InChI=1S/C24H20N2O5/c1-28-19-10-6-16(7-11-19)22(27)15-30-20-12-8-17(9-13-20)23-25-24(31-26-23)18-4-3-5-21(14-18)29-2/h3-14H,15H2,1-2H3. The molecular weight excluding hydrogens is 396 g/mol. The molecule has 0 N–H and O–H groups in total. The van der Waals surface area contributed by atoms with Crippen molar-refractivity contribution >= 4 is 5.78 Å². The Labute approximate surface area is 179 Å². The van der Waals surface area contributed by atoms with E-state index in [0.29, 0.717) is 34.5 Å². The zero-order chi connectivity index (χ0) is 21.6. The van der Waals surface area contributed by atoms with E-state index in [1.807, 2.05) is 36.4 Å². The number of carbonyl (C=O) groups excluding carboxylic acids is 1. The second-order valence-electron chi connectivity index (χ2n) is 6.62. The van der Waals surface area contributed by atoms with Gasteiger partial charge in [-0.25, -0.2) is 0 Å². The van der Waals surface area contributed by atoms with Crippen LogP contribution in [0.1, 0.15) is 10.4 Å². The van der Waals surface area contributed by atoms with E-state index < -0.39 is 0 Å². The van der Waals surface area contributed by atoms with E-state index in [9.17, 15) is 4.79 Å². The van der Waals surface area contributed by atoms with Gasteiger partial charge >= 0.3 is 0 Å². The van der Waals surface area contributed by atoms with Crippen molar-refractivity contribution in [3.63, 3.8) is 0 Å². The Hall–Kier alpha value is -4.13. The Morgan fingerprint density at radius 1 is 0.839 bits per heavy atom. The Morgan fingerprint density at radius 2 is 1.55 bits per heavy atom. The topological polar surface area (TPSA) is 83.7 Å². The number of hydrogen-bond acceptors (Lipinski definition) is 7. The highest BCUT2D eigenvalue weighted by atomic mass is 16.5. The lowest BCUT2D eigenvalue weighted by atomic mass is 10.1. The Morgan fingerprint density at radius 3 is 2.26 bits per heavy atom. The first kappa shape index (κ1) is 20.2. The fraction of sp³-hybridized carbons (Fsp3) is 0.125. The van der Waals surface area contributed by atoms with E-state index >= 15 is 0 Å². The highest BCUT2D eigenvalue weighted by Gasteiger charge is 2.12. The lowest BCUT2D eigenvalue weighted by molar-refractivity contribution is 0.0921. The molecule has 4 aromatic rings. The van der Waals surface area contributed by atoms with Crippen LogP contribution < -0.4 is 14.2 Å². The molecule has 0 atom stereocenters. The van der Waals surface area contributed by atoms with Crippen LogP contribution in [-0.4, -0.2) is 36.8 Å². The van der Waals surface area contributed by atoms with Crippen molar-refractivity contribution in [3.05, 3.63) is 78.4 Å². The van der Waals surface area contributed by atoms with Gasteiger partial charge in [0.2, 0.25) is 5.82 Å². The van der Waals surface area contributed by atoms with Gasteiger partial charge in [0.05, 0.1) is 14.2 Å². The lowest BCUT2D eigenvalue weighted by Crippen LogP contribution is -2.11. The summed E-state index contributed by atoms with van der Waals surface area (Å²) in [6, 6.07) is 21.5. The van der Waals surface area contributed by atoms with Crippen LogP contribution in [0, 0.1) is 0 Å². The van der Waals surface area contributed by atoms with Gasteiger partial charge < -0.3 is 18.7 Å². The van der Waals surface area contributed by atoms with Crippen molar-refractivity contribution in [1.29, 1.82) is 0 Å². The average molecular weight is 416 g/mol. The first-order valence-electron chi connectivity index (χ1n) is 9.55. The van der Waals surface area contributed by atoms with E-state index in [4.69, 9.17) is 18.7 Å². The summed E-state index contributed by atoms with van der Waals surface area (Å²) in [5, 5.41) is 4.04. The number of methoxy groups -OCH3 is 2. The van der Waals surface area contributed by atoms with Gasteiger partial charge in [0, 0.05) is 16.7 Å². The molecule has 156 valence electrons. The number of ether oxygens (including phenoxy) is 3. The van der Waals surface area contributed by atoms with Crippen molar-refractivity contribution in [2.24, 2.45) is 0 Å².